The third kappa shape index (κ3) is 4.06. The van der Waals surface area contributed by atoms with Gasteiger partial charge in [-0.3, -0.25) is 0 Å². The molecule has 232 valence electrons. The topological polar surface area (TPSA) is 13.1 Å². The maximum atomic E-state index is 6.59. The van der Waals surface area contributed by atoms with Crippen molar-refractivity contribution < 1.29 is 4.42 Å². The van der Waals surface area contributed by atoms with Gasteiger partial charge >= 0.3 is 0 Å². The first-order valence-electron chi connectivity index (χ1n) is 17.1. The van der Waals surface area contributed by atoms with Gasteiger partial charge in [-0.15, -0.1) is 11.3 Å². The molecular weight excluding hydrogens is 625 g/mol. The van der Waals surface area contributed by atoms with Gasteiger partial charge in [0.1, 0.15) is 11.2 Å². The molecule has 0 saturated carbocycles. The second kappa shape index (κ2) is 10.6. The van der Waals surface area contributed by atoms with Crippen LogP contribution in [0.1, 0.15) is 0 Å². The van der Waals surface area contributed by atoms with Crippen molar-refractivity contribution in [3.05, 3.63) is 170 Å². The van der Waals surface area contributed by atoms with Gasteiger partial charge in [0.2, 0.25) is 0 Å². The molecule has 11 rings (SSSR count). The van der Waals surface area contributed by atoms with Crippen molar-refractivity contribution in [3.63, 3.8) is 0 Å². The van der Waals surface area contributed by atoms with Crippen LogP contribution in [0, 0.1) is 0 Å². The van der Waals surface area contributed by atoms with Crippen LogP contribution in [0.3, 0.4) is 0 Å². The fraction of sp³-hybridized carbons (Fsp3) is 0. The molecule has 1 nitrogen and oxygen atoms in total. The van der Waals surface area contributed by atoms with Gasteiger partial charge in [0.25, 0.3) is 0 Å². The van der Waals surface area contributed by atoms with Crippen molar-refractivity contribution >= 4 is 85.8 Å². The van der Waals surface area contributed by atoms with E-state index in [0.717, 1.165) is 27.5 Å². The van der Waals surface area contributed by atoms with Gasteiger partial charge < -0.3 is 4.42 Å². The number of furan rings is 1. The normalized spacial score (nSPS) is 12.0. The molecule has 0 amide bonds. The average Bonchev–Trinajstić information content (AvgIpc) is 3.73. The highest BCUT2D eigenvalue weighted by molar-refractivity contribution is 7.25. The Morgan fingerprint density at radius 1 is 0.340 bits per heavy atom. The fourth-order valence-corrected chi connectivity index (χ4v) is 9.35. The first-order chi connectivity index (χ1) is 24.8. The molecule has 2 aromatic heterocycles. The summed E-state index contributed by atoms with van der Waals surface area (Å²) < 4.78 is 9.17. The molecular formula is C48H28OS. The van der Waals surface area contributed by atoms with E-state index in [1.54, 1.807) is 0 Å². The zero-order valence-corrected chi connectivity index (χ0v) is 27.8. The number of hydrogen-bond acceptors (Lipinski definition) is 2. The first-order valence-corrected chi connectivity index (χ1v) is 17.9. The largest absolute Gasteiger partial charge is 0.455 e. The van der Waals surface area contributed by atoms with E-state index in [1.807, 2.05) is 11.3 Å². The second-order valence-electron chi connectivity index (χ2n) is 13.2. The van der Waals surface area contributed by atoms with E-state index in [9.17, 15) is 0 Å². The van der Waals surface area contributed by atoms with E-state index in [0.29, 0.717) is 0 Å². The molecule has 0 spiro atoms. The van der Waals surface area contributed by atoms with Crippen LogP contribution >= 0.6 is 11.3 Å². The molecule has 0 unspecified atom stereocenters. The molecule has 11 aromatic rings. The number of benzene rings is 9. The fourth-order valence-electron chi connectivity index (χ4n) is 8.17. The van der Waals surface area contributed by atoms with Gasteiger partial charge in [-0.1, -0.05) is 146 Å². The summed E-state index contributed by atoms with van der Waals surface area (Å²) in [6, 6.07) is 61.9. The highest BCUT2D eigenvalue weighted by atomic mass is 32.1. The number of para-hydroxylation sites is 1. The molecule has 0 atom stereocenters. The minimum atomic E-state index is 0.929. The summed E-state index contributed by atoms with van der Waals surface area (Å²) >= 11 is 1.87. The van der Waals surface area contributed by atoms with Crippen molar-refractivity contribution in [2.24, 2.45) is 0 Å². The average molecular weight is 653 g/mol. The zero-order chi connectivity index (χ0) is 32.8. The summed E-state index contributed by atoms with van der Waals surface area (Å²) in [5.74, 6) is 0. The van der Waals surface area contributed by atoms with E-state index in [2.05, 4.69) is 170 Å². The second-order valence-corrected chi connectivity index (χ2v) is 14.3. The van der Waals surface area contributed by atoms with Crippen molar-refractivity contribution in [3.8, 4) is 33.4 Å². The first kappa shape index (κ1) is 27.7. The molecule has 0 aliphatic carbocycles. The minimum absolute atomic E-state index is 0.929. The summed E-state index contributed by atoms with van der Waals surface area (Å²) in [6.45, 7) is 0. The van der Waals surface area contributed by atoms with Crippen LogP contribution in [-0.4, -0.2) is 0 Å². The standard InChI is InChI=1S/C48H28OS/c1-2-11-29(12-3-1)46-37-15-6-8-17-39(37)47(40-18-9-7-16-38(40)46)33-22-24-36-35-23-21-32(27-44(35)50-45(36)28-33)34-19-10-20-41-42-25-30-13-4-5-14-31(30)26-43(42)49-48(34)41/h1-28H. The Morgan fingerprint density at radius 3 is 1.56 bits per heavy atom. The third-order valence-corrected chi connectivity index (χ3v) is 11.5. The van der Waals surface area contributed by atoms with Crippen LogP contribution in [0.4, 0.5) is 0 Å². The monoisotopic (exact) mass is 652 g/mol. The van der Waals surface area contributed by atoms with Crippen molar-refractivity contribution in [2.45, 2.75) is 0 Å². The molecule has 0 N–H and O–H groups in total. The molecule has 0 fully saturated rings. The van der Waals surface area contributed by atoms with Gasteiger partial charge in [0.05, 0.1) is 0 Å². The lowest BCUT2D eigenvalue weighted by Crippen LogP contribution is -1.90. The Morgan fingerprint density at radius 2 is 0.880 bits per heavy atom. The van der Waals surface area contributed by atoms with Crippen LogP contribution < -0.4 is 0 Å². The van der Waals surface area contributed by atoms with Crippen LogP contribution in [0.2, 0.25) is 0 Å². The molecule has 0 saturated heterocycles. The van der Waals surface area contributed by atoms with E-state index in [-0.39, 0.29) is 0 Å². The van der Waals surface area contributed by atoms with Gasteiger partial charge in [-0.2, -0.15) is 0 Å². The summed E-state index contributed by atoms with van der Waals surface area (Å²) in [6.07, 6.45) is 0. The Bertz CT molecular complexity index is 3090. The van der Waals surface area contributed by atoms with E-state index in [1.165, 1.54) is 80.3 Å². The summed E-state index contributed by atoms with van der Waals surface area (Å²) in [4.78, 5) is 0. The number of rotatable bonds is 3. The van der Waals surface area contributed by atoms with E-state index in [4.69, 9.17) is 4.42 Å². The van der Waals surface area contributed by atoms with E-state index < -0.39 is 0 Å². The lowest BCUT2D eigenvalue weighted by atomic mass is 9.86. The maximum absolute atomic E-state index is 6.59. The Kier molecular flexibility index (Phi) is 5.89. The number of fused-ring (bicyclic) bond motifs is 9. The Hall–Kier alpha value is -6.22. The molecule has 0 radical (unpaired) electrons. The van der Waals surface area contributed by atoms with Crippen LogP contribution in [0.25, 0.3) is 108 Å². The zero-order valence-electron chi connectivity index (χ0n) is 27.0. The predicted molar refractivity (Wildman–Crippen MR) is 215 cm³/mol. The number of thiophene rings is 1. The molecule has 50 heavy (non-hydrogen) atoms. The highest BCUT2D eigenvalue weighted by Crippen LogP contribution is 2.46. The van der Waals surface area contributed by atoms with Gasteiger partial charge in [-0.05, 0) is 84.4 Å². The smallest absolute Gasteiger partial charge is 0.143 e. The van der Waals surface area contributed by atoms with Crippen LogP contribution in [-0.2, 0) is 0 Å². The number of hydrogen-bond donors (Lipinski definition) is 0. The van der Waals surface area contributed by atoms with Crippen LogP contribution in [0.15, 0.2) is 174 Å². The Labute approximate surface area is 292 Å². The predicted octanol–water partition coefficient (Wildman–Crippen LogP) is 14.4. The summed E-state index contributed by atoms with van der Waals surface area (Å²) in [5.41, 5.74) is 9.25. The third-order valence-electron chi connectivity index (χ3n) is 10.4. The molecule has 0 aliphatic heterocycles. The van der Waals surface area contributed by atoms with Gasteiger partial charge in [0, 0.05) is 36.5 Å². The van der Waals surface area contributed by atoms with Gasteiger partial charge in [-0.25, -0.2) is 0 Å². The molecule has 2 heteroatoms. The summed E-state index contributed by atoms with van der Waals surface area (Å²) in [5, 5.41) is 12.4. The van der Waals surface area contributed by atoms with Crippen molar-refractivity contribution in [1.29, 1.82) is 0 Å². The Balaban J connectivity index is 1.09. The van der Waals surface area contributed by atoms with Crippen LogP contribution in [0.5, 0.6) is 0 Å². The van der Waals surface area contributed by atoms with Gasteiger partial charge in [0.15, 0.2) is 0 Å². The molecule has 9 aromatic carbocycles. The summed E-state index contributed by atoms with van der Waals surface area (Å²) in [7, 11) is 0. The lowest BCUT2D eigenvalue weighted by molar-refractivity contribution is 0.670. The van der Waals surface area contributed by atoms with Crippen molar-refractivity contribution in [1.82, 2.24) is 0 Å². The quantitative estimate of drug-likeness (QED) is 0.173. The minimum Gasteiger partial charge on any atom is -0.455 e. The molecule has 0 bridgehead atoms. The molecule has 0 aliphatic rings. The lowest BCUT2D eigenvalue weighted by Gasteiger charge is -2.17. The van der Waals surface area contributed by atoms with E-state index >= 15 is 0 Å². The SMILES string of the molecule is c1ccc(-c2c3ccccc3c(-c3ccc4c(c3)sc3cc(-c5cccc6c5oc5cc7ccccc7cc56)ccc34)c3ccccc23)cc1. The molecule has 2 heterocycles. The highest BCUT2D eigenvalue weighted by Gasteiger charge is 2.18. The maximum Gasteiger partial charge on any atom is 0.143 e. The van der Waals surface area contributed by atoms with Crippen molar-refractivity contribution in [2.75, 3.05) is 0 Å².